The van der Waals surface area contributed by atoms with Crippen LogP contribution in [0.15, 0.2) is 59.7 Å². The number of ether oxygens (including phenoxy) is 1. The van der Waals surface area contributed by atoms with Crippen LogP contribution in [0.2, 0.25) is 5.02 Å². The monoisotopic (exact) mass is 425 g/mol. The molecule has 0 radical (unpaired) electrons. The maximum absolute atomic E-state index is 12.4. The maximum Gasteiger partial charge on any atom is 0.410 e. The van der Waals surface area contributed by atoms with Crippen LogP contribution in [0.4, 0.5) is 10.6 Å². The quantitative estimate of drug-likeness (QED) is 0.691. The molecule has 3 heterocycles. The van der Waals surface area contributed by atoms with Gasteiger partial charge in [-0.25, -0.2) is 9.78 Å². The Balaban J connectivity index is 1.42. The van der Waals surface area contributed by atoms with E-state index < -0.39 is 5.56 Å². The van der Waals surface area contributed by atoms with Crippen molar-refractivity contribution >= 4 is 23.5 Å². The van der Waals surface area contributed by atoms with Gasteiger partial charge in [0.1, 0.15) is 17.5 Å². The van der Waals surface area contributed by atoms with E-state index in [1.165, 1.54) is 0 Å². The molecule has 4 rings (SSSR count). The SMILES string of the molecule is O=C(OCc1ccccc1)N1CCN(c2nc(-c3ccncc3)[nH]c(=O)c2Cl)CC1. The van der Waals surface area contributed by atoms with Crippen molar-refractivity contribution in [3.05, 3.63) is 75.8 Å². The van der Waals surface area contributed by atoms with Crippen LogP contribution in [0.5, 0.6) is 0 Å². The molecule has 0 saturated carbocycles. The highest BCUT2D eigenvalue weighted by Gasteiger charge is 2.25. The maximum atomic E-state index is 12.4. The zero-order valence-corrected chi connectivity index (χ0v) is 16.9. The second kappa shape index (κ2) is 8.96. The average Bonchev–Trinajstić information content (AvgIpc) is 2.80. The molecule has 1 amide bonds. The molecule has 0 atom stereocenters. The van der Waals surface area contributed by atoms with Crippen molar-refractivity contribution in [3.63, 3.8) is 0 Å². The number of aromatic nitrogens is 3. The van der Waals surface area contributed by atoms with Gasteiger partial charge in [0.2, 0.25) is 0 Å². The van der Waals surface area contributed by atoms with Crippen LogP contribution in [0.25, 0.3) is 11.4 Å². The number of carbonyl (C=O) groups is 1. The molecule has 9 heteroatoms. The number of rotatable bonds is 4. The summed E-state index contributed by atoms with van der Waals surface area (Å²) in [7, 11) is 0. The van der Waals surface area contributed by atoms with Crippen molar-refractivity contribution in [2.75, 3.05) is 31.1 Å². The lowest BCUT2D eigenvalue weighted by Gasteiger charge is -2.35. The van der Waals surface area contributed by atoms with Crippen LogP contribution in [-0.4, -0.2) is 52.1 Å². The summed E-state index contributed by atoms with van der Waals surface area (Å²) in [6, 6.07) is 13.1. The van der Waals surface area contributed by atoms with Gasteiger partial charge in [-0.05, 0) is 17.7 Å². The summed E-state index contributed by atoms with van der Waals surface area (Å²) >= 11 is 6.24. The number of carbonyl (C=O) groups excluding carboxylic acids is 1. The van der Waals surface area contributed by atoms with Crippen LogP contribution >= 0.6 is 11.6 Å². The number of amides is 1. The standard InChI is InChI=1S/C21H20ClN5O3/c22-17-19(24-18(25-20(17)28)16-6-8-23-9-7-16)26-10-12-27(13-11-26)21(29)30-14-15-4-2-1-3-5-15/h1-9H,10-14H2,(H,24,25,28). The summed E-state index contributed by atoms with van der Waals surface area (Å²) in [5.41, 5.74) is 1.27. The van der Waals surface area contributed by atoms with Gasteiger partial charge >= 0.3 is 6.09 Å². The Morgan fingerprint density at radius 1 is 1.07 bits per heavy atom. The Labute approximate surface area is 178 Å². The number of hydrogen-bond acceptors (Lipinski definition) is 6. The van der Waals surface area contributed by atoms with Crippen LogP contribution < -0.4 is 10.5 Å². The van der Waals surface area contributed by atoms with Gasteiger partial charge in [0, 0.05) is 44.1 Å². The Morgan fingerprint density at radius 2 is 1.77 bits per heavy atom. The summed E-state index contributed by atoms with van der Waals surface area (Å²) in [5.74, 6) is 0.830. The molecule has 1 fully saturated rings. The number of H-pyrrole nitrogens is 1. The molecule has 0 aliphatic carbocycles. The summed E-state index contributed by atoms with van der Waals surface area (Å²) < 4.78 is 5.39. The molecule has 0 unspecified atom stereocenters. The van der Waals surface area contributed by atoms with E-state index in [1.807, 2.05) is 35.2 Å². The lowest BCUT2D eigenvalue weighted by Crippen LogP contribution is -2.49. The van der Waals surface area contributed by atoms with Gasteiger partial charge < -0.3 is 19.5 Å². The summed E-state index contributed by atoms with van der Waals surface area (Å²) in [5, 5.41) is 0.0351. The molecule has 30 heavy (non-hydrogen) atoms. The first-order chi connectivity index (χ1) is 14.6. The zero-order valence-electron chi connectivity index (χ0n) is 16.1. The smallest absolute Gasteiger partial charge is 0.410 e. The largest absolute Gasteiger partial charge is 0.445 e. The fourth-order valence-corrected chi connectivity index (χ4v) is 3.42. The van der Waals surface area contributed by atoms with E-state index in [1.54, 1.807) is 29.4 Å². The molecule has 1 saturated heterocycles. The van der Waals surface area contributed by atoms with Crippen molar-refractivity contribution in [1.29, 1.82) is 0 Å². The lowest BCUT2D eigenvalue weighted by atomic mass is 10.2. The van der Waals surface area contributed by atoms with Crippen LogP contribution in [-0.2, 0) is 11.3 Å². The van der Waals surface area contributed by atoms with Crippen LogP contribution in [0.1, 0.15) is 5.56 Å². The molecule has 1 aliphatic rings. The minimum Gasteiger partial charge on any atom is -0.445 e. The molecular weight excluding hydrogens is 406 g/mol. The van der Waals surface area contributed by atoms with Gasteiger partial charge in [-0.1, -0.05) is 41.9 Å². The van der Waals surface area contributed by atoms with Gasteiger partial charge in [0.25, 0.3) is 5.56 Å². The number of benzene rings is 1. The molecule has 0 bridgehead atoms. The van der Waals surface area contributed by atoms with Gasteiger partial charge in [0.05, 0.1) is 0 Å². The summed E-state index contributed by atoms with van der Waals surface area (Å²) in [6.07, 6.45) is 2.90. The van der Waals surface area contributed by atoms with E-state index in [0.717, 1.165) is 11.1 Å². The highest BCUT2D eigenvalue weighted by Crippen LogP contribution is 2.24. The third-order valence-electron chi connectivity index (χ3n) is 4.84. The first kappa shape index (κ1) is 19.9. The fraction of sp³-hybridized carbons (Fsp3) is 0.238. The molecule has 1 aromatic carbocycles. The summed E-state index contributed by atoms with van der Waals surface area (Å²) in [6.45, 7) is 2.11. The van der Waals surface area contributed by atoms with Gasteiger partial charge in [-0.15, -0.1) is 0 Å². The normalized spacial score (nSPS) is 13.9. The molecule has 8 nitrogen and oxygen atoms in total. The van der Waals surface area contributed by atoms with E-state index in [0.29, 0.717) is 37.8 Å². The predicted molar refractivity (Wildman–Crippen MR) is 114 cm³/mol. The molecule has 0 spiro atoms. The second-order valence-corrected chi connectivity index (χ2v) is 7.18. The molecule has 1 aliphatic heterocycles. The van der Waals surface area contributed by atoms with Crippen molar-refractivity contribution in [1.82, 2.24) is 19.9 Å². The number of anilines is 1. The molecule has 1 N–H and O–H groups in total. The number of halogens is 1. The van der Waals surface area contributed by atoms with Crippen molar-refractivity contribution < 1.29 is 9.53 Å². The zero-order chi connectivity index (χ0) is 20.9. The van der Waals surface area contributed by atoms with Crippen molar-refractivity contribution in [3.8, 4) is 11.4 Å². The van der Waals surface area contributed by atoms with E-state index in [-0.39, 0.29) is 17.7 Å². The Morgan fingerprint density at radius 3 is 2.47 bits per heavy atom. The highest BCUT2D eigenvalue weighted by atomic mass is 35.5. The van der Waals surface area contributed by atoms with Crippen LogP contribution in [0.3, 0.4) is 0 Å². The number of nitrogens with zero attached hydrogens (tertiary/aromatic N) is 4. The first-order valence-corrected chi connectivity index (χ1v) is 9.90. The lowest BCUT2D eigenvalue weighted by molar-refractivity contribution is 0.0941. The molecule has 3 aromatic rings. The van der Waals surface area contributed by atoms with Gasteiger partial charge in [-0.2, -0.15) is 0 Å². The minimum atomic E-state index is -0.404. The number of nitrogens with one attached hydrogen (secondary N) is 1. The Bertz CT molecular complexity index is 1070. The first-order valence-electron chi connectivity index (χ1n) is 9.52. The number of piperazine rings is 1. The Kier molecular flexibility index (Phi) is 5.94. The highest BCUT2D eigenvalue weighted by molar-refractivity contribution is 6.32. The minimum absolute atomic E-state index is 0.0351. The van der Waals surface area contributed by atoms with Crippen LogP contribution in [0, 0.1) is 0 Å². The van der Waals surface area contributed by atoms with Crippen molar-refractivity contribution in [2.45, 2.75) is 6.61 Å². The number of pyridine rings is 1. The average molecular weight is 426 g/mol. The third-order valence-corrected chi connectivity index (χ3v) is 5.18. The van der Waals surface area contributed by atoms with E-state index in [2.05, 4.69) is 15.0 Å². The van der Waals surface area contributed by atoms with Crippen molar-refractivity contribution in [2.24, 2.45) is 0 Å². The summed E-state index contributed by atoms with van der Waals surface area (Å²) in [4.78, 5) is 39.4. The van der Waals surface area contributed by atoms with E-state index >= 15 is 0 Å². The fourth-order valence-electron chi connectivity index (χ4n) is 3.21. The Hall–Kier alpha value is -3.39. The second-order valence-electron chi connectivity index (χ2n) is 6.80. The molecule has 2 aromatic heterocycles. The topological polar surface area (TPSA) is 91.4 Å². The van der Waals surface area contributed by atoms with E-state index in [4.69, 9.17) is 16.3 Å². The van der Waals surface area contributed by atoms with Gasteiger partial charge in [0.15, 0.2) is 5.82 Å². The third kappa shape index (κ3) is 4.44. The van der Waals surface area contributed by atoms with Gasteiger partial charge in [-0.3, -0.25) is 9.78 Å². The predicted octanol–water partition coefficient (Wildman–Crippen LogP) is 2.94. The van der Waals surface area contributed by atoms with E-state index in [9.17, 15) is 9.59 Å². The molecule has 154 valence electrons. The molecular formula is C21H20ClN5O3. The number of aromatic amines is 1. The number of hydrogen-bond donors (Lipinski definition) is 1.